The molecule has 6 heteroatoms. The molecule has 126 valence electrons. The van der Waals surface area contributed by atoms with E-state index < -0.39 is 9.73 Å². The number of rotatable bonds is 4. The van der Waals surface area contributed by atoms with Crippen LogP contribution in [0.2, 0.25) is 0 Å². The minimum atomic E-state index is -2.06. The molecule has 1 aromatic heterocycles. The first-order chi connectivity index (χ1) is 11.5. The SMILES string of the molecule is Cc1ccc(/C=C/C(=O)Nc2ccc(N=S3(=O)CCCC3)cc2)o1. The Labute approximate surface area is 141 Å². The number of furan rings is 1. The highest BCUT2D eigenvalue weighted by Gasteiger charge is 2.16. The molecule has 1 amide bonds. The number of anilines is 1. The van der Waals surface area contributed by atoms with Gasteiger partial charge in [-0.2, -0.15) is 4.36 Å². The number of aryl methyl sites for hydroxylation is 1. The Morgan fingerprint density at radius 3 is 2.50 bits per heavy atom. The topological polar surface area (TPSA) is 71.7 Å². The third-order valence-corrected chi connectivity index (χ3v) is 6.14. The first-order valence-electron chi connectivity index (χ1n) is 7.91. The largest absolute Gasteiger partial charge is 0.462 e. The maximum atomic E-state index is 12.4. The van der Waals surface area contributed by atoms with Gasteiger partial charge in [-0.3, -0.25) is 4.79 Å². The monoisotopic (exact) mass is 344 g/mol. The molecule has 2 heterocycles. The number of nitrogens with zero attached hydrogens (tertiary/aromatic N) is 1. The summed E-state index contributed by atoms with van der Waals surface area (Å²) in [5, 5.41) is 2.77. The van der Waals surface area contributed by atoms with Gasteiger partial charge in [0.15, 0.2) is 0 Å². The summed E-state index contributed by atoms with van der Waals surface area (Å²) in [6, 6.07) is 10.7. The standard InChI is InChI=1S/C18H20N2O3S/c1-14-4-9-17(23-14)10-11-18(21)19-15-5-7-16(8-6-15)20-24(22)12-2-3-13-24/h4-11H,2-3,12-13H2,1H3,(H,19,21)/b11-10+. The van der Waals surface area contributed by atoms with Crippen LogP contribution in [0, 0.1) is 6.92 Å². The first-order valence-corrected chi connectivity index (χ1v) is 9.76. The number of amides is 1. The summed E-state index contributed by atoms with van der Waals surface area (Å²) in [4.78, 5) is 11.9. The Balaban J connectivity index is 1.62. The number of benzene rings is 1. The second-order valence-electron chi connectivity index (χ2n) is 5.80. The molecule has 0 spiro atoms. The van der Waals surface area contributed by atoms with Crippen molar-refractivity contribution in [3.63, 3.8) is 0 Å². The lowest BCUT2D eigenvalue weighted by molar-refractivity contribution is -0.111. The summed E-state index contributed by atoms with van der Waals surface area (Å²) in [7, 11) is -2.06. The van der Waals surface area contributed by atoms with Crippen LogP contribution in [-0.4, -0.2) is 21.6 Å². The van der Waals surface area contributed by atoms with E-state index in [0.29, 0.717) is 28.6 Å². The van der Waals surface area contributed by atoms with Crippen molar-refractivity contribution in [1.82, 2.24) is 0 Å². The van der Waals surface area contributed by atoms with Gasteiger partial charge in [-0.25, -0.2) is 4.21 Å². The van der Waals surface area contributed by atoms with Gasteiger partial charge in [0, 0.05) is 23.3 Å². The zero-order chi connectivity index (χ0) is 17.0. The Bertz CT molecular complexity index is 860. The molecule has 1 N–H and O–H groups in total. The zero-order valence-electron chi connectivity index (χ0n) is 13.5. The molecule has 5 nitrogen and oxygen atoms in total. The highest BCUT2D eigenvalue weighted by Crippen LogP contribution is 2.22. The Morgan fingerprint density at radius 1 is 1.17 bits per heavy atom. The second kappa shape index (κ2) is 7.05. The van der Waals surface area contributed by atoms with E-state index in [1.807, 2.05) is 13.0 Å². The van der Waals surface area contributed by atoms with E-state index in [4.69, 9.17) is 4.42 Å². The van der Waals surface area contributed by atoms with Crippen molar-refractivity contribution in [2.75, 3.05) is 16.8 Å². The third kappa shape index (κ3) is 4.35. The molecule has 0 saturated carbocycles. The lowest BCUT2D eigenvalue weighted by Gasteiger charge is -2.04. The van der Waals surface area contributed by atoms with E-state index in [1.165, 1.54) is 6.08 Å². The van der Waals surface area contributed by atoms with E-state index in [0.717, 1.165) is 18.6 Å². The van der Waals surface area contributed by atoms with Crippen molar-refractivity contribution in [2.24, 2.45) is 4.36 Å². The molecule has 0 bridgehead atoms. The molecular weight excluding hydrogens is 324 g/mol. The van der Waals surface area contributed by atoms with Crippen LogP contribution in [0.4, 0.5) is 11.4 Å². The number of nitrogens with one attached hydrogen (secondary N) is 1. The highest BCUT2D eigenvalue weighted by molar-refractivity contribution is 7.93. The molecule has 1 fully saturated rings. The zero-order valence-corrected chi connectivity index (χ0v) is 14.3. The summed E-state index contributed by atoms with van der Waals surface area (Å²) in [5.41, 5.74) is 1.36. The number of carbonyl (C=O) groups is 1. The molecule has 1 saturated heterocycles. The molecule has 1 aliphatic heterocycles. The van der Waals surface area contributed by atoms with Gasteiger partial charge >= 0.3 is 0 Å². The Morgan fingerprint density at radius 2 is 1.88 bits per heavy atom. The lowest BCUT2D eigenvalue weighted by atomic mass is 10.3. The summed E-state index contributed by atoms with van der Waals surface area (Å²) >= 11 is 0. The van der Waals surface area contributed by atoms with Crippen LogP contribution in [0.15, 0.2) is 51.3 Å². The summed E-state index contributed by atoms with van der Waals surface area (Å²) in [6.07, 6.45) is 5.01. The van der Waals surface area contributed by atoms with Gasteiger partial charge in [-0.1, -0.05) is 0 Å². The van der Waals surface area contributed by atoms with Crippen molar-refractivity contribution in [1.29, 1.82) is 0 Å². The first kappa shape index (κ1) is 16.5. The predicted molar refractivity (Wildman–Crippen MR) is 96.7 cm³/mol. The molecule has 0 unspecified atom stereocenters. The van der Waals surface area contributed by atoms with Crippen LogP contribution in [-0.2, 0) is 14.5 Å². The van der Waals surface area contributed by atoms with E-state index in [-0.39, 0.29) is 5.91 Å². The van der Waals surface area contributed by atoms with Crippen molar-refractivity contribution >= 4 is 33.1 Å². The number of carbonyl (C=O) groups excluding carboxylic acids is 1. The molecule has 0 atom stereocenters. The Kier molecular flexibility index (Phi) is 4.85. The molecule has 0 radical (unpaired) electrons. The third-order valence-electron chi connectivity index (χ3n) is 3.74. The van der Waals surface area contributed by atoms with Crippen LogP contribution < -0.4 is 5.32 Å². The van der Waals surface area contributed by atoms with E-state index in [1.54, 1.807) is 36.4 Å². The summed E-state index contributed by atoms with van der Waals surface area (Å²) in [5.74, 6) is 2.56. The van der Waals surface area contributed by atoms with Crippen LogP contribution in [0.3, 0.4) is 0 Å². The minimum Gasteiger partial charge on any atom is -0.462 e. The fraction of sp³-hybridized carbons (Fsp3) is 0.278. The smallest absolute Gasteiger partial charge is 0.248 e. The van der Waals surface area contributed by atoms with Crippen LogP contribution in [0.25, 0.3) is 6.08 Å². The number of hydrogen-bond acceptors (Lipinski definition) is 4. The van der Waals surface area contributed by atoms with E-state index in [2.05, 4.69) is 9.68 Å². The highest BCUT2D eigenvalue weighted by atomic mass is 32.2. The van der Waals surface area contributed by atoms with Crippen molar-refractivity contribution in [3.05, 3.63) is 54.0 Å². The average Bonchev–Trinajstić information content (AvgIpc) is 3.16. The molecule has 24 heavy (non-hydrogen) atoms. The minimum absolute atomic E-state index is 0.240. The fourth-order valence-corrected chi connectivity index (χ4v) is 4.73. The molecular formula is C18H20N2O3S. The maximum absolute atomic E-state index is 12.4. The van der Waals surface area contributed by atoms with Gasteiger partial charge in [0.05, 0.1) is 15.4 Å². The molecule has 1 aromatic carbocycles. The molecule has 0 aliphatic carbocycles. The Hall–Kier alpha value is -2.34. The summed E-state index contributed by atoms with van der Waals surface area (Å²) in [6.45, 7) is 1.85. The van der Waals surface area contributed by atoms with Crippen LogP contribution in [0.5, 0.6) is 0 Å². The predicted octanol–water partition coefficient (Wildman–Crippen LogP) is 4.13. The van der Waals surface area contributed by atoms with Gasteiger partial charge in [-0.05, 0) is 62.2 Å². The van der Waals surface area contributed by atoms with Gasteiger partial charge in [0.25, 0.3) is 0 Å². The van der Waals surface area contributed by atoms with Gasteiger partial charge in [0.2, 0.25) is 5.91 Å². The molecule has 3 rings (SSSR count). The second-order valence-corrected chi connectivity index (χ2v) is 8.34. The van der Waals surface area contributed by atoms with Crippen LogP contribution >= 0.6 is 0 Å². The van der Waals surface area contributed by atoms with Gasteiger partial charge in [-0.15, -0.1) is 0 Å². The van der Waals surface area contributed by atoms with Crippen molar-refractivity contribution in [3.8, 4) is 0 Å². The lowest BCUT2D eigenvalue weighted by Crippen LogP contribution is -2.07. The molecule has 2 aromatic rings. The summed E-state index contributed by atoms with van der Waals surface area (Å²) < 4.78 is 22.1. The van der Waals surface area contributed by atoms with E-state index >= 15 is 0 Å². The van der Waals surface area contributed by atoms with Crippen LogP contribution in [0.1, 0.15) is 24.4 Å². The van der Waals surface area contributed by atoms with Crippen molar-refractivity contribution in [2.45, 2.75) is 19.8 Å². The maximum Gasteiger partial charge on any atom is 0.248 e. The van der Waals surface area contributed by atoms with Gasteiger partial charge in [0.1, 0.15) is 11.5 Å². The van der Waals surface area contributed by atoms with E-state index in [9.17, 15) is 9.00 Å². The van der Waals surface area contributed by atoms with Gasteiger partial charge < -0.3 is 9.73 Å². The quantitative estimate of drug-likeness (QED) is 0.848. The fourth-order valence-electron chi connectivity index (χ4n) is 2.53. The number of hydrogen-bond donors (Lipinski definition) is 1. The average molecular weight is 344 g/mol. The normalized spacial score (nSPS) is 16.4. The van der Waals surface area contributed by atoms with Crippen molar-refractivity contribution < 1.29 is 13.4 Å². The molecule has 1 aliphatic rings.